The van der Waals surface area contributed by atoms with Crippen molar-refractivity contribution >= 4 is 6.21 Å². The SMILES string of the molecule is CCCCCCC/C=N\C1CCCCC1. The highest BCUT2D eigenvalue weighted by Crippen LogP contribution is 2.19. The van der Waals surface area contributed by atoms with Crippen molar-refractivity contribution in [1.29, 1.82) is 0 Å². The average Bonchev–Trinajstić information content (AvgIpc) is 2.29. The van der Waals surface area contributed by atoms with Gasteiger partial charge in [0.25, 0.3) is 0 Å². The van der Waals surface area contributed by atoms with Crippen LogP contribution in [0.3, 0.4) is 0 Å². The Bertz CT molecular complexity index is 157. The molecule has 0 N–H and O–H groups in total. The van der Waals surface area contributed by atoms with Gasteiger partial charge < -0.3 is 0 Å². The lowest BCUT2D eigenvalue weighted by atomic mass is 9.96. The molecule has 0 unspecified atom stereocenters. The molecule has 1 nitrogen and oxygen atoms in total. The number of hydrogen-bond acceptors (Lipinski definition) is 1. The van der Waals surface area contributed by atoms with Gasteiger partial charge in [0.15, 0.2) is 0 Å². The minimum absolute atomic E-state index is 0.675. The van der Waals surface area contributed by atoms with Crippen LogP contribution in [0.1, 0.15) is 77.6 Å². The van der Waals surface area contributed by atoms with Crippen molar-refractivity contribution in [2.24, 2.45) is 4.99 Å². The summed E-state index contributed by atoms with van der Waals surface area (Å²) in [5, 5.41) is 0. The van der Waals surface area contributed by atoms with Gasteiger partial charge in [0.1, 0.15) is 0 Å². The molecular weight excluding hydrogens is 182 g/mol. The summed E-state index contributed by atoms with van der Waals surface area (Å²) >= 11 is 0. The topological polar surface area (TPSA) is 12.4 Å². The van der Waals surface area contributed by atoms with Crippen molar-refractivity contribution in [3.05, 3.63) is 0 Å². The lowest BCUT2D eigenvalue weighted by Crippen LogP contribution is -2.09. The first-order valence-corrected chi connectivity index (χ1v) is 6.95. The van der Waals surface area contributed by atoms with Gasteiger partial charge in [-0.15, -0.1) is 0 Å². The zero-order valence-electron chi connectivity index (χ0n) is 10.4. The summed E-state index contributed by atoms with van der Waals surface area (Å²) in [6.07, 6.45) is 17.2. The maximum absolute atomic E-state index is 4.68. The van der Waals surface area contributed by atoms with E-state index in [1.54, 1.807) is 0 Å². The Balaban J connectivity index is 1.91. The first-order valence-electron chi connectivity index (χ1n) is 6.95. The molecule has 1 heteroatoms. The minimum Gasteiger partial charge on any atom is -0.294 e. The molecule has 0 radical (unpaired) electrons. The summed E-state index contributed by atoms with van der Waals surface area (Å²) in [5.74, 6) is 0. The molecule has 0 bridgehead atoms. The molecule has 0 aromatic carbocycles. The van der Waals surface area contributed by atoms with E-state index in [0.29, 0.717) is 6.04 Å². The third kappa shape index (κ3) is 6.70. The number of unbranched alkanes of at least 4 members (excludes halogenated alkanes) is 5. The molecular formula is C14H27N. The predicted octanol–water partition coefficient (Wildman–Crippen LogP) is 4.75. The zero-order valence-corrected chi connectivity index (χ0v) is 10.4. The molecule has 1 saturated carbocycles. The van der Waals surface area contributed by atoms with E-state index >= 15 is 0 Å². The summed E-state index contributed by atoms with van der Waals surface area (Å²) in [4.78, 5) is 4.68. The maximum Gasteiger partial charge on any atom is 0.0495 e. The van der Waals surface area contributed by atoms with Crippen molar-refractivity contribution in [2.75, 3.05) is 0 Å². The first kappa shape index (κ1) is 12.7. The predicted molar refractivity (Wildman–Crippen MR) is 68.7 cm³/mol. The van der Waals surface area contributed by atoms with Gasteiger partial charge in [0.05, 0.1) is 0 Å². The second-order valence-electron chi connectivity index (χ2n) is 4.83. The fourth-order valence-electron chi connectivity index (χ4n) is 2.29. The Morgan fingerprint density at radius 1 is 1.00 bits per heavy atom. The largest absolute Gasteiger partial charge is 0.294 e. The van der Waals surface area contributed by atoms with Gasteiger partial charge in [-0.2, -0.15) is 0 Å². The molecule has 1 aliphatic carbocycles. The van der Waals surface area contributed by atoms with Gasteiger partial charge in [0, 0.05) is 6.04 Å². The molecule has 0 spiro atoms. The molecule has 88 valence electrons. The fourth-order valence-corrected chi connectivity index (χ4v) is 2.29. The number of hydrogen-bond donors (Lipinski definition) is 0. The van der Waals surface area contributed by atoms with Gasteiger partial charge >= 0.3 is 0 Å². The quantitative estimate of drug-likeness (QED) is 0.424. The van der Waals surface area contributed by atoms with Gasteiger partial charge in [-0.05, 0) is 31.9 Å². The highest BCUT2D eigenvalue weighted by molar-refractivity contribution is 5.57. The van der Waals surface area contributed by atoms with Gasteiger partial charge in [-0.1, -0.05) is 51.9 Å². The fraction of sp³-hybridized carbons (Fsp3) is 0.929. The van der Waals surface area contributed by atoms with Gasteiger partial charge in [-0.3, -0.25) is 4.99 Å². The summed E-state index contributed by atoms with van der Waals surface area (Å²) in [6.45, 7) is 2.27. The third-order valence-electron chi connectivity index (χ3n) is 3.33. The maximum atomic E-state index is 4.68. The Hall–Kier alpha value is -0.330. The molecule has 0 aromatic heterocycles. The van der Waals surface area contributed by atoms with Crippen LogP contribution in [0, 0.1) is 0 Å². The zero-order chi connectivity index (χ0) is 10.8. The Kier molecular flexibility index (Phi) is 7.59. The third-order valence-corrected chi connectivity index (χ3v) is 3.33. The van der Waals surface area contributed by atoms with Crippen molar-refractivity contribution in [3.63, 3.8) is 0 Å². The molecule has 1 fully saturated rings. The second kappa shape index (κ2) is 8.94. The molecule has 0 saturated heterocycles. The summed E-state index contributed by atoms with van der Waals surface area (Å²) in [7, 11) is 0. The van der Waals surface area contributed by atoms with Crippen LogP contribution < -0.4 is 0 Å². The van der Waals surface area contributed by atoms with E-state index in [9.17, 15) is 0 Å². The first-order chi connectivity index (χ1) is 7.43. The molecule has 0 amide bonds. The molecule has 0 aromatic rings. The lowest BCUT2D eigenvalue weighted by Gasteiger charge is -2.16. The summed E-state index contributed by atoms with van der Waals surface area (Å²) in [5.41, 5.74) is 0. The molecule has 0 atom stereocenters. The molecule has 1 aliphatic rings. The van der Waals surface area contributed by atoms with Crippen LogP contribution in [0.25, 0.3) is 0 Å². The lowest BCUT2D eigenvalue weighted by molar-refractivity contribution is 0.443. The number of nitrogens with zero attached hydrogens (tertiary/aromatic N) is 1. The highest BCUT2D eigenvalue weighted by atomic mass is 14.8. The van der Waals surface area contributed by atoms with Gasteiger partial charge in [-0.25, -0.2) is 0 Å². The average molecular weight is 209 g/mol. The van der Waals surface area contributed by atoms with Crippen molar-refractivity contribution in [1.82, 2.24) is 0 Å². The second-order valence-corrected chi connectivity index (χ2v) is 4.83. The van der Waals surface area contributed by atoms with Crippen LogP contribution >= 0.6 is 0 Å². The molecule has 1 rings (SSSR count). The Labute approximate surface area is 95.4 Å². The van der Waals surface area contributed by atoms with E-state index in [1.165, 1.54) is 70.6 Å². The van der Waals surface area contributed by atoms with E-state index in [-0.39, 0.29) is 0 Å². The molecule has 0 heterocycles. The van der Waals surface area contributed by atoms with E-state index in [4.69, 9.17) is 0 Å². The van der Waals surface area contributed by atoms with E-state index in [2.05, 4.69) is 18.1 Å². The summed E-state index contributed by atoms with van der Waals surface area (Å²) in [6, 6.07) is 0.675. The van der Waals surface area contributed by atoms with E-state index in [1.807, 2.05) is 0 Å². The van der Waals surface area contributed by atoms with E-state index in [0.717, 1.165) is 0 Å². The normalized spacial score (nSPS) is 18.7. The monoisotopic (exact) mass is 209 g/mol. The van der Waals surface area contributed by atoms with E-state index < -0.39 is 0 Å². The van der Waals surface area contributed by atoms with Crippen LogP contribution in [-0.2, 0) is 0 Å². The van der Waals surface area contributed by atoms with Crippen LogP contribution in [0.2, 0.25) is 0 Å². The Morgan fingerprint density at radius 2 is 1.73 bits per heavy atom. The standard InChI is InChI=1S/C14H27N/c1-2-3-4-5-6-10-13-15-14-11-8-7-9-12-14/h13-14H,2-12H2,1H3/b15-13-. The smallest absolute Gasteiger partial charge is 0.0495 e. The number of aliphatic imine (C=N–C) groups is 1. The van der Waals surface area contributed by atoms with Crippen LogP contribution in [-0.4, -0.2) is 12.3 Å². The Morgan fingerprint density at radius 3 is 2.47 bits per heavy atom. The van der Waals surface area contributed by atoms with Crippen molar-refractivity contribution < 1.29 is 0 Å². The van der Waals surface area contributed by atoms with Crippen LogP contribution in [0.4, 0.5) is 0 Å². The number of rotatable bonds is 7. The van der Waals surface area contributed by atoms with Crippen LogP contribution in [0.15, 0.2) is 4.99 Å². The van der Waals surface area contributed by atoms with Crippen molar-refractivity contribution in [2.45, 2.75) is 83.6 Å². The van der Waals surface area contributed by atoms with Gasteiger partial charge in [0.2, 0.25) is 0 Å². The molecule has 0 aliphatic heterocycles. The minimum atomic E-state index is 0.675. The van der Waals surface area contributed by atoms with Crippen molar-refractivity contribution in [3.8, 4) is 0 Å². The van der Waals surface area contributed by atoms with Crippen LogP contribution in [0.5, 0.6) is 0 Å². The molecule has 15 heavy (non-hydrogen) atoms. The summed E-state index contributed by atoms with van der Waals surface area (Å²) < 4.78 is 0. The highest BCUT2D eigenvalue weighted by Gasteiger charge is 2.10.